The Hall–Kier alpha value is -2.74. The Labute approximate surface area is 192 Å². The van der Waals surface area contributed by atoms with Crippen LogP contribution in [0.5, 0.6) is 0 Å². The predicted octanol–water partition coefficient (Wildman–Crippen LogP) is 4.93. The van der Waals surface area contributed by atoms with Crippen molar-refractivity contribution in [3.8, 4) is 0 Å². The topological polar surface area (TPSA) is 61.9 Å². The molecule has 8 heteroatoms. The Morgan fingerprint density at radius 3 is 2.72 bits per heavy atom. The van der Waals surface area contributed by atoms with E-state index in [4.69, 9.17) is 16.3 Å². The fourth-order valence-electron chi connectivity index (χ4n) is 3.57. The van der Waals surface area contributed by atoms with E-state index >= 15 is 0 Å². The number of carbonyl (C=O) groups excluding carboxylic acids is 2. The number of halogens is 2. The van der Waals surface area contributed by atoms with Crippen LogP contribution in [0.25, 0.3) is 0 Å². The maximum Gasteiger partial charge on any atom is 0.326 e. The normalized spacial score (nSPS) is 16.0. The highest BCUT2D eigenvalue weighted by Crippen LogP contribution is 2.31. The maximum absolute atomic E-state index is 13.4. The minimum absolute atomic E-state index is 0.0903. The number of amides is 2. The molecule has 0 bridgehead atoms. The molecule has 1 aliphatic heterocycles. The number of nitrogens with one attached hydrogen (secondary N) is 1. The van der Waals surface area contributed by atoms with Gasteiger partial charge < -0.3 is 10.1 Å². The second-order valence-electron chi connectivity index (χ2n) is 7.88. The molecule has 0 saturated heterocycles. The summed E-state index contributed by atoms with van der Waals surface area (Å²) in [6, 6.07) is 8.62. The monoisotopic (exact) mass is 459 g/mol. The van der Waals surface area contributed by atoms with Gasteiger partial charge in [0.2, 0.25) is 0 Å². The Bertz CT molecular complexity index is 1010. The van der Waals surface area contributed by atoms with Gasteiger partial charge in [-0.1, -0.05) is 23.7 Å². The van der Waals surface area contributed by atoms with Gasteiger partial charge in [0, 0.05) is 43.5 Å². The lowest BCUT2D eigenvalue weighted by Gasteiger charge is -2.31. The summed E-state index contributed by atoms with van der Waals surface area (Å²) in [6.45, 7) is 3.82. The fourth-order valence-corrected chi connectivity index (χ4v) is 3.84. The molecule has 1 aliphatic rings. The smallest absolute Gasteiger partial charge is 0.326 e. The number of likely N-dealkylation sites (N-methyl/N-ethyl adjacent to an activating group) is 1. The minimum atomic E-state index is -0.514. The van der Waals surface area contributed by atoms with Gasteiger partial charge in [0.1, 0.15) is 5.82 Å². The van der Waals surface area contributed by atoms with Crippen LogP contribution in [0, 0.1) is 12.7 Å². The third kappa shape index (κ3) is 5.94. The van der Waals surface area contributed by atoms with Crippen molar-refractivity contribution in [2.75, 3.05) is 32.6 Å². The lowest BCUT2D eigenvalue weighted by molar-refractivity contribution is -0.116. The van der Waals surface area contributed by atoms with Gasteiger partial charge in [-0.3, -0.25) is 14.6 Å². The highest BCUT2D eigenvalue weighted by molar-refractivity contribution is 6.31. The first-order valence-corrected chi connectivity index (χ1v) is 10.7. The number of anilines is 1. The molecule has 3 rings (SSSR count). The number of carbonyl (C=O) groups is 2. The number of nitrogens with zero attached hydrogens (tertiary/aromatic N) is 2. The number of aryl methyl sites for hydroxylation is 1. The number of benzene rings is 2. The van der Waals surface area contributed by atoms with E-state index in [-0.39, 0.29) is 24.1 Å². The predicted molar refractivity (Wildman–Crippen MR) is 123 cm³/mol. The molecule has 0 unspecified atom stereocenters. The van der Waals surface area contributed by atoms with Crippen molar-refractivity contribution in [1.29, 1.82) is 0 Å². The van der Waals surface area contributed by atoms with Crippen molar-refractivity contribution in [3.05, 3.63) is 76.2 Å². The molecule has 0 saturated carbocycles. The molecule has 1 N–H and O–H groups in total. The summed E-state index contributed by atoms with van der Waals surface area (Å²) in [5.74, 6) is -0.463. The first-order chi connectivity index (χ1) is 15.3. The van der Waals surface area contributed by atoms with Gasteiger partial charge in [0.25, 0.3) is 0 Å². The highest BCUT2D eigenvalue weighted by Gasteiger charge is 2.29. The SMILES string of the molecule is COCCN(C)Cc1cc(NC(=O)N2C=CC(=O)C[C@H]2c2ccc(F)cc2)c(C)cc1Cl. The fraction of sp³-hybridized carbons (Fsp3) is 0.333. The van der Waals surface area contributed by atoms with Gasteiger partial charge in [-0.2, -0.15) is 0 Å². The third-order valence-electron chi connectivity index (χ3n) is 5.39. The molecule has 0 aromatic heterocycles. The lowest BCUT2D eigenvalue weighted by Crippen LogP contribution is -2.37. The quantitative estimate of drug-likeness (QED) is 0.638. The third-order valence-corrected chi connectivity index (χ3v) is 5.74. The molecule has 2 amide bonds. The molecule has 0 aliphatic carbocycles. The van der Waals surface area contributed by atoms with Crippen molar-refractivity contribution >= 4 is 29.1 Å². The summed E-state index contributed by atoms with van der Waals surface area (Å²) < 4.78 is 18.5. The minimum Gasteiger partial charge on any atom is -0.383 e. The lowest BCUT2D eigenvalue weighted by atomic mass is 9.97. The van der Waals surface area contributed by atoms with Crippen LogP contribution in [0.15, 0.2) is 48.7 Å². The van der Waals surface area contributed by atoms with Crippen molar-refractivity contribution in [3.63, 3.8) is 0 Å². The van der Waals surface area contributed by atoms with Crippen LogP contribution in [-0.4, -0.2) is 48.9 Å². The Morgan fingerprint density at radius 2 is 2.03 bits per heavy atom. The molecule has 2 aromatic carbocycles. The van der Waals surface area contributed by atoms with Crippen molar-refractivity contribution < 1.29 is 18.7 Å². The van der Waals surface area contributed by atoms with Gasteiger partial charge in [-0.25, -0.2) is 9.18 Å². The van der Waals surface area contributed by atoms with Crippen LogP contribution in [-0.2, 0) is 16.1 Å². The van der Waals surface area contributed by atoms with Crippen LogP contribution in [0.3, 0.4) is 0 Å². The second-order valence-corrected chi connectivity index (χ2v) is 8.29. The average molecular weight is 460 g/mol. The van der Waals surface area contributed by atoms with E-state index in [2.05, 4.69) is 10.2 Å². The summed E-state index contributed by atoms with van der Waals surface area (Å²) in [5, 5.41) is 3.56. The van der Waals surface area contributed by atoms with E-state index in [1.54, 1.807) is 19.2 Å². The van der Waals surface area contributed by atoms with Crippen molar-refractivity contribution in [2.24, 2.45) is 0 Å². The van der Waals surface area contributed by atoms with Crippen molar-refractivity contribution in [1.82, 2.24) is 9.80 Å². The molecule has 0 fully saturated rings. The zero-order valence-electron chi connectivity index (χ0n) is 18.4. The van der Waals surface area contributed by atoms with Gasteiger partial charge in [0.15, 0.2) is 5.78 Å². The Balaban J connectivity index is 1.81. The molecule has 0 radical (unpaired) electrons. The van der Waals surface area contributed by atoms with Gasteiger partial charge in [-0.05, 0) is 61.0 Å². The molecular formula is C24H27ClFN3O3. The molecular weight excluding hydrogens is 433 g/mol. The number of allylic oxidation sites excluding steroid dienone is 1. The molecule has 170 valence electrons. The molecule has 0 spiro atoms. The van der Waals surface area contributed by atoms with Crippen LogP contribution >= 0.6 is 11.6 Å². The second kappa shape index (κ2) is 10.7. The number of methoxy groups -OCH3 is 1. The molecule has 1 heterocycles. The van der Waals surface area contributed by atoms with E-state index < -0.39 is 6.04 Å². The summed E-state index contributed by atoms with van der Waals surface area (Å²) in [5.41, 5.74) is 3.03. The van der Waals surface area contributed by atoms with Crippen LogP contribution < -0.4 is 5.32 Å². The number of ketones is 1. The summed E-state index contributed by atoms with van der Waals surface area (Å²) in [6.07, 6.45) is 2.98. The van der Waals surface area contributed by atoms with E-state index in [0.29, 0.717) is 29.4 Å². The van der Waals surface area contributed by atoms with E-state index in [1.807, 2.05) is 26.1 Å². The first kappa shape index (κ1) is 23.9. The molecule has 32 heavy (non-hydrogen) atoms. The Morgan fingerprint density at radius 1 is 1.31 bits per heavy atom. The zero-order valence-corrected chi connectivity index (χ0v) is 19.2. The van der Waals surface area contributed by atoms with Crippen LogP contribution in [0.2, 0.25) is 5.02 Å². The maximum atomic E-state index is 13.4. The van der Waals surface area contributed by atoms with E-state index in [0.717, 1.165) is 17.7 Å². The number of rotatable bonds is 7. The van der Waals surface area contributed by atoms with E-state index in [1.165, 1.54) is 29.3 Å². The molecule has 2 aromatic rings. The zero-order chi connectivity index (χ0) is 23.3. The number of hydrogen-bond donors (Lipinski definition) is 1. The van der Waals surface area contributed by atoms with Gasteiger partial charge in [-0.15, -0.1) is 0 Å². The van der Waals surface area contributed by atoms with Gasteiger partial charge >= 0.3 is 6.03 Å². The Kier molecular flexibility index (Phi) is 8.01. The van der Waals surface area contributed by atoms with Gasteiger partial charge in [0.05, 0.1) is 12.6 Å². The van der Waals surface area contributed by atoms with Crippen LogP contribution in [0.1, 0.15) is 29.2 Å². The number of ether oxygens (including phenoxy) is 1. The van der Waals surface area contributed by atoms with Crippen LogP contribution in [0.4, 0.5) is 14.9 Å². The number of urea groups is 1. The summed E-state index contributed by atoms with van der Waals surface area (Å²) in [4.78, 5) is 28.7. The number of hydrogen-bond acceptors (Lipinski definition) is 4. The average Bonchev–Trinajstić information content (AvgIpc) is 2.76. The highest BCUT2D eigenvalue weighted by atomic mass is 35.5. The summed E-state index contributed by atoms with van der Waals surface area (Å²) >= 11 is 6.44. The first-order valence-electron chi connectivity index (χ1n) is 10.3. The standard InChI is InChI=1S/C24H27ClFN3O3/c1-16-12-21(25)18(15-28(2)10-11-32-3)13-22(16)27-24(31)29-9-8-20(30)14-23(29)17-4-6-19(26)7-5-17/h4-9,12-13,23H,10-11,14-15H2,1-3H3,(H,27,31)/t23-/m0/s1. The van der Waals surface area contributed by atoms with Crippen molar-refractivity contribution in [2.45, 2.75) is 25.9 Å². The molecule has 6 nitrogen and oxygen atoms in total. The van der Waals surface area contributed by atoms with E-state index in [9.17, 15) is 14.0 Å². The molecule has 1 atom stereocenters. The summed E-state index contributed by atoms with van der Waals surface area (Å²) in [7, 11) is 3.62. The largest absolute Gasteiger partial charge is 0.383 e.